The molecule has 1 heterocycles. The number of hydrogen-bond donors (Lipinski definition) is 4. The first-order valence-electron chi connectivity index (χ1n) is 5.23. The van der Waals surface area contributed by atoms with Gasteiger partial charge in [0.1, 0.15) is 11.9 Å². The summed E-state index contributed by atoms with van der Waals surface area (Å²) in [5, 5.41) is 32.2. The number of nitrogens with two attached hydrogens (primary N) is 1. The van der Waals surface area contributed by atoms with Gasteiger partial charge in [0.05, 0.1) is 18.3 Å². The third-order valence-electron chi connectivity index (χ3n) is 3.06. The van der Waals surface area contributed by atoms with Crippen LogP contribution in [0.25, 0.3) is 0 Å². The average molecular weight is 279 g/mol. The minimum atomic E-state index is -1.15. The van der Waals surface area contributed by atoms with E-state index in [4.69, 9.17) is 10.8 Å². The second-order valence-corrected chi connectivity index (χ2v) is 4.14. The van der Waals surface area contributed by atoms with Gasteiger partial charge in [0.2, 0.25) is 0 Å². The molecule has 9 heteroatoms. The minimum absolute atomic E-state index is 0. The van der Waals surface area contributed by atoms with Crippen LogP contribution in [0.15, 0.2) is 11.0 Å². The Bertz CT molecular complexity index is 468. The topological polar surface area (TPSA) is 134 Å². The van der Waals surface area contributed by atoms with Gasteiger partial charge >= 0.3 is 5.69 Å². The molecule has 0 bridgehead atoms. The van der Waals surface area contributed by atoms with Crippen molar-refractivity contribution in [2.75, 3.05) is 12.3 Å². The number of aliphatic hydroxyl groups is 3. The third kappa shape index (κ3) is 2.46. The van der Waals surface area contributed by atoms with E-state index in [1.165, 1.54) is 6.20 Å². The number of hydrogen-bond acceptors (Lipinski definition) is 7. The lowest BCUT2D eigenvalue weighted by Crippen LogP contribution is -2.36. The largest absolute Gasteiger partial charge is 0.396 e. The monoisotopic (exact) mass is 278 g/mol. The zero-order valence-electron chi connectivity index (χ0n) is 9.38. The number of rotatable bonds is 2. The van der Waals surface area contributed by atoms with Crippen LogP contribution in [-0.4, -0.2) is 48.9 Å². The molecule has 0 unspecified atom stereocenters. The summed E-state index contributed by atoms with van der Waals surface area (Å²) in [5.74, 6) is -0.473. The first-order valence-corrected chi connectivity index (χ1v) is 5.23. The van der Waals surface area contributed by atoms with Crippen molar-refractivity contribution in [3.05, 3.63) is 16.7 Å². The van der Waals surface area contributed by atoms with Crippen molar-refractivity contribution < 1.29 is 15.3 Å². The van der Waals surface area contributed by atoms with Crippen LogP contribution in [0.1, 0.15) is 12.5 Å². The molecule has 0 saturated heterocycles. The van der Waals surface area contributed by atoms with E-state index < -0.39 is 29.9 Å². The van der Waals surface area contributed by atoms with Crippen molar-refractivity contribution >= 4 is 18.2 Å². The van der Waals surface area contributed by atoms with Gasteiger partial charge in [-0.3, -0.25) is 0 Å². The molecular weight excluding hydrogens is 264 g/mol. The van der Waals surface area contributed by atoms with Crippen molar-refractivity contribution in [3.8, 4) is 0 Å². The van der Waals surface area contributed by atoms with Gasteiger partial charge in [-0.1, -0.05) is 0 Å². The Morgan fingerprint density at radius 2 is 2.11 bits per heavy atom. The molecule has 18 heavy (non-hydrogen) atoms. The number of aromatic nitrogens is 3. The maximum Gasteiger partial charge on any atom is 0.366 e. The van der Waals surface area contributed by atoms with Crippen molar-refractivity contribution in [1.82, 2.24) is 14.8 Å². The molecule has 2 rings (SSSR count). The molecule has 5 N–H and O–H groups in total. The Balaban J connectivity index is 0.00000162. The smallest absolute Gasteiger partial charge is 0.366 e. The van der Waals surface area contributed by atoms with E-state index in [2.05, 4.69) is 10.1 Å². The van der Waals surface area contributed by atoms with Crippen LogP contribution in [0.4, 0.5) is 5.82 Å². The molecule has 102 valence electrons. The van der Waals surface area contributed by atoms with Crippen molar-refractivity contribution in [2.45, 2.75) is 24.7 Å². The lowest BCUT2D eigenvalue weighted by molar-refractivity contribution is -0.00607. The summed E-state index contributed by atoms with van der Waals surface area (Å²) >= 11 is 0. The molecule has 1 aromatic heterocycles. The van der Waals surface area contributed by atoms with Crippen molar-refractivity contribution in [3.63, 3.8) is 0 Å². The minimum Gasteiger partial charge on any atom is -0.396 e. The Morgan fingerprint density at radius 1 is 1.44 bits per heavy atom. The number of halogens is 1. The zero-order valence-corrected chi connectivity index (χ0v) is 10.2. The first kappa shape index (κ1) is 14.8. The molecule has 1 aromatic rings. The van der Waals surface area contributed by atoms with Crippen molar-refractivity contribution in [1.29, 1.82) is 0 Å². The van der Waals surface area contributed by atoms with Gasteiger partial charge in [-0.2, -0.15) is 10.1 Å². The standard InChI is InChI=1S/C9H14N4O4.ClH/c10-6-2-11-13(9(17)12-6)5-1-4(3-14)7(15)8(5)16;/h2,4-5,7-8,14-16H,1,3H2,(H2,10,12,17);1H/t4-,5-,7-,8+;/m0./s1. The van der Waals surface area contributed by atoms with Gasteiger partial charge in [0.15, 0.2) is 0 Å². The van der Waals surface area contributed by atoms with E-state index in [-0.39, 0.29) is 31.3 Å². The molecule has 0 radical (unpaired) electrons. The molecular formula is C9H15ClN4O4. The van der Waals surface area contributed by atoms with E-state index in [0.717, 1.165) is 4.68 Å². The van der Waals surface area contributed by atoms with Gasteiger partial charge < -0.3 is 21.1 Å². The fraction of sp³-hybridized carbons (Fsp3) is 0.667. The van der Waals surface area contributed by atoms with Crippen LogP contribution in [0.5, 0.6) is 0 Å². The summed E-state index contributed by atoms with van der Waals surface area (Å²) in [6.07, 6.45) is -0.761. The maximum absolute atomic E-state index is 11.5. The zero-order chi connectivity index (χ0) is 12.6. The molecule has 1 fully saturated rings. The SMILES string of the molecule is Cl.Nc1cnn([C@H]2C[C@@H](CO)[C@H](O)[C@@H]2O)c(=O)n1. The first-order chi connectivity index (χ1) is 8.04. The van der Waals surface area contributed by atoms with Gasteiger partial charge in [-0.25, -0.2) is 9.48 Å². The predicted octanol–water partition coefficient (Wildman–Crippen LogP) is -2.08. The average Bonchev–Trinajstić information content (AvgIpc) is 2.57. The molecule has 1 saturated carbocycles. The highest BCUT2D eigenvalue weighted by atomic mass is 35.5. The highest BCUT2D eigenvalue weighted by Crippen LogP contribution is 2.33. The summed E-state index contributed by atoms with van der Waals surface area (Å²) in [6.45, 7) is -0.258. The van der Waals surface area contributed by atoms with Crippen LogP contribution in [0.2, 0.25) is 0 Å². The molecule has 0 spiro atoms. The fourth-order valence-corrected chi connectivity index (χ4v) is 2.11. The summed E-state index contributed by atoms with van der Waals surface area (Å²) < 4.78 is 0.986. The molecule has 0 aliphatic heterocycles. The summed E-state index contributed by atoms with van der Waals surface area (Å²) in [6, 6.07) is -0.692. The van der Waals surface area contributed by atoms with Gasteiger partial charge in [0.25, 0.3) is 0 Å². The highest BCUT2D eigenvalue weighted by Gasteiger charge is 2.43. The summed E-state index contributed by atoms with van der Waals surface area (Å²) in [7, 11) is 0. The Morgan fingerprint density at radius 3 is 2.61 bits per heavy atom. The lowest BCUT2D eigenvalue weighted by atomic mass is 10.1. The van der Waals surface area contributed by atoms with Crippen LogP contribution >= 0.6 is 12.4 Å². The number of anilines is 1. The van der Waals surface area contributed by atoms with Crippen LogP contribution in [0.3, 0.4) is 0 Å². The number of nitrogen functional groups attached to an aromatic ring is 1. The van der Waals surface area contributed by atoms with Crippen LogP contribution in [0, 0.1) is 5.92 Å². The Labute approximate surface area is 108 Å². The highest BCUT2D eigenvalue weighted by molar-refractivity contribution is 5.85. The van der Waals surface area contributed by atoms with E-state index in [9.17, 15) is 15.0 Å². The van der Waals surface area contributed by atoms with Gasteiger partial charge in [-0.05, 0) is 6.42 Å². The number of nitrogens with zero attached hydrogens (tertiary/aromatic N) is 3. The fourth-order valence-electron chi connectivity index (χ4n) is 2.11. The van der Waals surface area contributed by atoms with Crippen LogP contribution in [-0.2, 0) is 0 Å². The molecule has 8 nitrogen and oxygen atoms in total. The van der Waals surface area contributed by atoms with E-state index in [1.54, 1.807) is 0 Å². The molecule has 0 aromatic carbocycles. The normalized spacial score (nSPS) is 31.1. The second kappa shape index (κ2) is 5.61. The Hall–Kier alpha value is -1.22. The van der Waals surface area contributed by atoms with E-state index in [1.807, 2.05) is 0 Å². The summed E-state index contributed by atoms with van der Waals surface area (Å²) in [5.41, 5.74) is 4.62. The van der Waals surface area contributed by atoms with E-state index in [0.29, 0.717) is 0 Å². The van der Waals surface area contributed by atoms with Crippen molar-refractivity contribution in [2.24, 2.45) is 5.92 Å². The van der Waals surface area contributed by atoms with E-state index >= 15 is 0 Å². The molecule has 0 amide bonds. The lowest BCUT2D eigenvalue weighted by Gasteiger charge is -2.17. The van der Waals surface area contributed by atoms with Crippen LogP contribution < -0.4 is 11.4 Å². The summed E-state index contributed by atoms with van der Waals surface area (Å²) in [4.78, 5) is 15.0. The molecule has 1 aliphatic rings. The van der Waals surface area contributed by atoms with Gasteiger partial charge in [0, 0.05) is 12.5 Å². The predicted molar refractivity (Wildman–Crippen MR) is 64.2 cm³/mol. The molecule has 1 aliphatic carbocycles. The van der Waals surface area contributed by atoms with Gasteiger partial charge in [-0.15, -0.1) is 12.4 Å². The molecule has 4 atom stereocenters. The second-order valence-electron chi connectivity index (χ2n) is 4.14. The quantitative estimate of drug-likeness (QED) is 0.487. The maximum atomic E-state index is 11.5. The Kier molecular flexibility index (Phi) is 4.63. The third-order valence-corrected chi connectivity index (χ3v) is 3.06. The number of aliphatic hydroxyl groups excluding tert-OH is 3.